The van der Waals surface area contributed by atoms with E-state index in [9.17, 15) is 9.59 Å². The largest absolute Gasteiger partial charge is 0.447 e. The van der Waals surface area contributed by atoms with Gasteiger partial charge in [-0.1, -0.05) is 42.5 Å². The van der Waals surface area contributed by atoms with Crippen molar-refractivity contribution in [3.05, 3.63) is 65.2 Å². The lowest BCUT2D eigenvalue weighted by Crippen LogP contribution is -2.47. The van der Waals surface area contributed by atoms with Gasteiger partial charge in [0.2, 0.25) is 6.10 Å². The van der Waals surface area contributed by atoms with E-state index in [1.54, 1.807) is 0 Å². The molecule has 4 saturated carbocycles. The molecule has 4 aliphatic rings. The fourth-order valence-corrected chi connectivity index (χ4v) is 6.96. The van der Waals surface area contributed by atoms with E-state index in [4.69, 9.17) is 4.74 Å². The number of carbonyl (C=O) groups is 2. The van der Waals surface area contributed by atoms with Crippen LogP contribution in [0.4, 0.5) is 5.69 Å². The molecule has 4 fully saturated rings. The van der Waals surface area contributed by atoms with E-state index in [2.05, 4.69) is 5.32 Å². The highest BCUT2D eigenvalue weighted by molar-refractivity contribution is 5.96. The Balaban J connectivity index is 1.33. The number of esters is 1. The Labute approximate surface area is 190 Å². The molecular weight excluding hydrogens is 398 g/mol. The molecule has 0 unspecified atom stereocenters. The molecule has 0 saturated heterocycles. The molecule has 6 rings (SSSR count). The Morgan fingerprint density at radius 1 is 0.969 bits per heavy atom. The van der Waals surface area contributed by atoms with Crippen LogP contribution < -0.4 is 5.32 Å². The minimum atomic E-state index is -0.947. The van der Waals surface area contributed by atoms with Crippen molar-refractivity contribution in [2.24, 2.45) is 23.2 Å². The molecule has 0 aromatic heterocycles. The summed E-state index contributed by atoms with van der Waals surface area (Å²) in [4.78, 5) is 26.5. The normalized spacial score (nSPS) is 28.9. The van der Waals surface area contributed by atoms with Crippen LogP contribution in [-0.2, 0) is 14.3 Å². The molecule has 4 nitrogen and oxygen atoms in total. The monoisotopic (exact) mass is 431 g/mol. The van der Waals surface area contributed by atoms with Gasteiger partial charge in [0.25, 0.3) is 5.91 Å². The van der Waals surface area contributed by atoms with Crippen LogP contribution in [0.3, 0.4) is 0 Å². The van der Waals surface area contributed by atoms with Crippen LogP contribution in [-0.4, -0.2) is 11.9 Å². The van der Waals surface area contributed by atoms with E-state index in [0.717, 1.165) is 53.8 Å². The van der Waals surface area contributed by atoms with E-state index in [-0.39, 0.29) is 17.3 Å². The molecule has 0 spiro atoms. The molecule has 1 atom stereocenters. The Morgan fingerprint density at radius 2 is 1.59 bits per heavy atom. The highest BCUT2D eigenvalue weighted by atomic mass is 16.5. The average Bonchev–Trinajstić information content (AvgIpc) is 2.74. The number of aryl methyl sites for hydroxylation is 2. The molecular formula is C28H33NO3. The van der Waals surface area contributed by atoms with Gasteiger partial charge in [-0.2, -0.15) is 0 Å². The lowest BCUT2D eigenvalue weighted by Gasteiger charge is -2.56. The summed E-state index contributed by atoms with van der Waals surface area (Å²) in [5.74, 6) is 1.81. The van der Waals surface area contributed by atoms with Crippen LogP contribution in [0, 0.1) is 37.0 Å². The lowest BCUT2D eigenvalue weighted by molar-refractivity contribution is -0.161. The molecule has 1 N–H and O–H groups in total. The van der Waals surface area contributed by atoms with Crippen LogP contribution >= 0.6 is 0 Å². The molecule has 168 valence electrons. The first kappa shape index (κ1) is 21.2. The topological polar surface area (TPSA) is 55.4 Å². The van der Waals surface area contributed by atoms with E-state index < -0.39 is 6.10 Å². The molecule has 0 aliphatic heterocycles. The first-order valence-corrected chi connectivity index (χ1v) is 12.0. The summed E-state index contributed by atoms with van der Waals surface area (Å²) in [6.45, 7) is 3.96. The minimum Gasteiger partial charge on any atom is -0.447 e. The van der Waals surface area contributed by atoms with Crippen molar-refractivity contribution in [2.45, 2.75) is 64.9 Å². The fourth-order valence-electron chi connectivity index (χ4n) is 6.96. The first-order valence-electron chi connectivity index (χ1n) is 12.0. The van der Waals surface area contributed by atoms with Gasteiger partial charge in [-0.15, -0.1) is 0 Å². The Bertz CT molecular complexity index is 977. The van der Waals surface area contributed by atoms with Gasteiger partial charge in [0.15, 0.2) is 0 Å². The van der Waals surface area contributed by atoms with Crippen molar-refractivity contribution in [3.8, 4) is 0 Å². The zero-order chi connectivity index (χ0) is 22.3. The number of nitrogens with one attached hydrogen (secondary N) is 1. The van der Waals surface area contributed by atoms with Crippen molar-refractivity contribution in [3.63, 3.8) is 0 Å². The van der Waals surface area contributed by atoms with Gasteiger partial charge in [0.05, 0.1) is 6.42 Å². The molecule has 2 aromatic rings. The summed E-state index contributed by atoms with van der Waals surface area (Å²) in [5, 5.41) is 3.00. The molecule has 0 heterocycles. The van der Waals surface area contributed by atoms with Gasteiger partial charge in [-0.25, -0.2) is 0 Å². The summed E-state index contributed by atoms with van der Waals surface area (Å²) in [6, 6.07) is 15.3. The summed E-state index contributed by atoms with van der Waals surface area (Å²) in [7, 11) is 0. The number of hydrogen-bond acceptors (Lipinski definition) is 3. The van der Waals surface area contributed by atoms with Crippen molar-refractivity contribution in [1.29, 1.82) is 0 Å². The Morgan fingerprint density at radius 3 is 2.22 bits per heavy atom. The number of anilines is 1. The molecule has 4 aliphatic carbocycles. The number of benzene rings is 2. The number of rotatable bonds is 6. The smallest absolute Gasteiger partial charge is 0.307 e. The number of carbonyl (C=O) groups excluding carboxylic acids is 2. The second-order valence-electron chi connectivity index (χ2n) is 10.7. The predicted molar refractivity (Wildman–Crippen MR) is 125 cm³/mol. The van der Waals surface area contributed by atoms with Gasteiger partial charge in [-0.3, -0.25) is 9.59 Å². The minimum absolute atomic E-state index is 0.0939. The zero-order valence-corrected chi connectivity index (χ0v) is 19.1. The van der Waals surface area contributed by atoms with Crippen molar-refractivity contribution < 1.29 is 14.3 Å². The third kappa shape index (κ3) is 4.32. The van der Waals surface area contributed by atoms with Gasteiger partial charge in [-0.05, 0) is 92.7 Å². The van der Waals surface area contributed by atoms with Gasteiger partial charge in [0, 0.05) is 11.3 Å². The van der Waals surface area contributed by atoms with Crippen molar-refractivity contribution >= 4 is 17.6 Å². The highest BCUT2D eigenvalue weighted by Crippen LogP contribution is 2.61. The fraction of sp³-hybridized carbons (Fsp3) is 0.500. The van der Waals surface area contributed by atoms with Crippen LogP contribution in [0.1, 0.15) is 67.7 Å². The van der Waals surface area contributed by atoms with Crippen LogP contribution in [0.15, 0.2) is 48.5 Å². The quantitative estimate of drug-likeness (QED) is 0.560. The summed E-state index contributed by atoms with van der Waals surface area (Å²) >= 11 is 0. The zero-order valence-electron chi connectivity index (χ0n) is 19.1. The van der Waals surface area contributed by atoms with E-state index in [1.165, 1.54) is 19.3 Å². The maximum atomic E-state index is 13.3. The third-order valence-electron chi connectivity index (χ3n) is 7.93. The molecule has 32 heavy (non-hydrogen) atoms. The average molecular weight is 432 g/mol. The summed E-state index contributed by atoms with van der Waals surface area (Å²) in [5.41, 5.74) is 3.61. The van der Waals surface area contributed by atoms with E-state index in [0.29, 0.717) is 12.0 Å². The number of hydrogen-bond donors (Lipinski definition) is 1. The van der Waals surface area contributed by atoms with Crippen molar-refractivity contribution in [1.82, 2.24) is 0 Å². The number of ether oxygens (including phenoxy) is 1. The molecule has 4 bridgehead atoms. The summed E-state index contributed by atoms with van der Waals surface area (Å²) < 4.78 is 5.93. The third-order valence-corrected chi connectivity index (χ3v) is 7.93. The SMILES string of the molecule is Cc1ccc(C)c(NC(=O)[C@@H](OC(=O)CC23CC4CC(CC(C4)C2)C3)c2ccccc2)c1. The Kier molecular flexibility index (Phi) is 5.56. The van der Waals surface area contributed by atoms with Crippen LogP contribution in [0.2, 0.25) is 0 Å². The molecule has 4 heteroatoms. The second kappa shape index (κ2) is 8.38. The van der Waals surface area contributed by atoms with Gasteiger partial charge in [0.1, 0.15) is 0 Å². The predicted octanol–water partition coefficient (Wildman–Crippen LogP) is 6.13. The standard InChI is InChI=1S/C28H33NO3/c1-18-8-9-19(2)24(10-18)29-27(31)26(23-6-4-3-5-7-23)32-25(30)17-28-14-20-11-21(15-28)13-22(12-20)16-28/h3-10,20-22,26H,11-17H2,1-2H3,(H,29,31)/t20?,21?,22?,26-,28?/m0/s1. The van der Waals surface area contributed by atoms with Crippen molar-refractivity contribution in [2.75, 3.05) is 5.32 Å². The highest BCUT2D eigenvalue weighted by Gasteiger charge is 2.51. The maximum absolute atomic E-state index is 13.3. The van der Waals surface area contributed by atoms with Gasteiger partial charge < -0.3 is 10.1 Å². The Hall–Kier alpha value is -2.62. The lowest BCUT2D eigenvalue weighted by atomic mass is 9.49. The van der Waals surface area contributed by atoms with Crippen LogP contribution in [0.25, 0.3) is 0 Å². The maximum Gasteiger partial charge on any atom is 0.307 e. The van der Waals surface area contributed by atoms with Gasteiger partial charge >= 0.3 is 5.97 Å². The van der Waals surface area contributed by atoms with E-state index >= 15 is 0 Å². The van der Waals surface area contributed by atoms with E-state index in [1.807, 2.05) is 62.4 Å². The summed E-state index contributed by atoms with van der Waals surface area (Å²) in [6.07, 6.45) is 6.99. The second-order valence-corrected chi connectivity index (χ2v) is 10.7. The molecule has 2 aromatic carbocycles. The molecule has 1 amide bonds. The first-order chi connectivity index (χ1) is 15.4. The van der Waals surface area contributed by atoms with Crippen LogP contribution in [0.5, 0.6) is 0 Å². The number of amides is 1. The molecule has 0 radical (unpaired) electrons.